The Bertz CT molecular complexity index is 356. The summed E-state index contributed by atoms with van der Waals surface area (Å²) in [5.41, 5.74) is 0. The van der Waals surface area contributed by atoms with Crippen molar-refractivity contribution in [3.63, 3.8) is 0 Å². The molecule has 0 bridgehead atoms. The zero-order chi connectivity index (χ0) is 11.5. The van der Waals surface area contributed by atoms with Crippen molar-refractivity contribution in [2.45, 2.75) is 32.8 Å². The van der Waals surface area contributed by atoms with E-state index in [9.17, 15) is 5.11 Å². The average Bonchev–Trinajstić information content (AvgIpc) is 2.99. The maximum atomic E-state index is 9.73. The van der Waals surface area contributed by atoms with E-state index in [2.05, 4.69) is 0 Å². The number of benzene rings is 1. The van der Waals surface area contributed by atoms with Gasteiger partial charge in [0.2, 0.25) is 5.75 Å². The molecule has 1 aliphatic carbocycles. The van der Waals surface area contributed by atoms with Crippen molar-refractivity contribution in [3.05, 3.63) is 18.2 Å². The fourth-order valence-corrected chi connectivity index (χ4v) is 1.48. The highest BCUT2D eigenvalue weighted by atomic mass is 16.5. The SMILES string of the molecule is CC(C)Oc1cccc(O)c1OCC1CC1. The molecule has 0 spiro atoms. The van der Waals surface area contributed by atoms with Gasteiger partial charge in [0.05, 0.1) is 12.7 Å². The molecule has 88 valence electrons. The van der Waals surface area contributed by atoms with Crippen molar-refractivity contribution in [3.8, 4) is 17.2 Å². The van der Waals surface area contributed by atoms with Gasteiger partial charge in [0.1, 0.15) is 0 Å². The van der Waals surface area contributed by atoms with E-state index in [0.29, 0.717) is 24.0 Å². The second kappa shape index (κ2) is 4.64. The molecule has 1 saturated carbocycles. The van der Waals surface area contributed by atoms with Crippen LogP contribution in [0.1, 0.15) is 26.7 Å². The Morgan fingerprint density at radius 1 is 1.38 bits per heavy atom. The molecule has 0 saturated heterocycles. The fraction of sp³-hybridized carbons (Fsp3) is 0.538. The van der Waals surface area contributed by atoms with Crippen LogP contribution in [0.3, 0.4) is 0 Å². The molecule has 0 radical (unpaired) electrons. The summed E-state index contributed by atoms with van der Waals surface area (Å²) in [5.74, 6) is 1.91. The molecule has 2 rings (SSSR count). The summed E-state index contributed by atoms with van der Waals surface area (Å²) in [5, 5.41) is 9.73. The van der Waals surface area contributed by atoms with Crippen molar-refractivity contribution < 1.29 is 14.6 Å². The van der Waals surface area contributed by atoms with Crippen LogP contribution in [-0.4, -0.2) is 17.8 Å². The summed E-state index contributed by atoms with van der Waals surface area (Å²) < 4.78 is 11.2. The molecule has 0 aliphatic heterocycles. The van der Waals surface area contributed by atoms with E-state index in [0.717, 1.165) is 0 Å². The van der Waals surface area contributed by atoms with Gasteiger partial charge in [-0.15, -0.1) is 0 Å². The van der Waals surface area contributed by atoms with E-state index < -0.39 is 0 Å². The molecule has 0 unspecified atom stereocenters. The first-order valence-corrected chi connectivity index (χ1v) is 5.78. The van der Waals surface area contributed by atoms with Crippen LogP contribution in [0.15, 0.2) is 18.2 Å². The zero-order valence-corrected chi connectivity index (χ0v) is 9.77. The lowest BCUT2D eigenvalue weighted by atomic mass is 10.3. The van der Waals surface area contributed by atoms with Crippen LogP contribution in [-0.2, 0) is 0 Å². The fourth-order valence-electron chi connectivity index (χ4n) is 1.48. The van der Waals surface area contributed by atoms with Gasteiger partial charge in [-0.05, 0) is 44.7 Å². The lowest BCUT2D eigenvalue weighted by Crippen LogP contribution is -2.08. The van der Waals surface area contributed by atoms with Crippen LogP contribution in [0.25, 0.3) is 0 Å². The molecule has 1 N–H and O–H groups in total. The molecule has 16 heavy (non-hydrogen) atoms. The van der Waals surface area contributed by atoms with Crippen LogP contribution >= 0.6 is 0 Å². The van der Waals surface area contributed by atoms with E-state index in [4.69, 9.17) is 9.47 Å². The maximum Gasteiger partial charge on any atom is 0.203 e. The average molecular weight is 222 g/mol. The van der Waals surface area contributed by atoms with Gasteiger partial charge in [0, 0.05) is 0 Å². The number of para-hydroxylation sites is 1. The predicted octanol–water partition coefficient (Wildman–Crippen LogP) is 2.97. The number of aromatic hydroxyl groups is 1. The summed E-state index contributed by atoms with van der Waals surface area (Å²) in [6, 6.07) is 5.20. The molecule has 1 aliphatic rings. The second-order valence-electron chi connectivity index (χ2n) is 4.53. The van der Waals surface area contributed by atoms with Crippen LogP contribution < -0.4 is 9.47 Å². The summed E-state index contributed by atoms with van der Waals surface area (Å²) in [4.78, 5) is 0. The van der Waals surface area contributed by atoms with Gasteiger partial charge in [-0.25, -0.2) is 0 Å². The van der Waals surface area contributed by atoms with E-state index in [1.54, 1.807) is 12.1 Å². The summed E-state index contributed by atoms with van der Waals surface area (Å²) >= 11 is 0. The Labute approximate surface area is 96.0 Å². The monoisotopic (exact) mass is 222 g/mol. The molecule has 3 heteroatoms. The van der Waals surface area contributed by atoms with Gasteiger partial charge >= 0.3 is 0 Å². The highest BCUT2D eigenvalue weighted by molar-refractivity contribution is 5.50. The van der Waals surface area contributed by atoms with Crippen LogP contribution in [0.4, 0.5) is 0 Å². The first-order valence-electron chi connectivity index (χ1n) is 5.78. The molecule has 0 amide bonds. The summed E-state index contributed by atoms with van der Waals surface area (Å²) in [7, 11) is 0. The Morgan fingerprint density at radius 2 is 2.12 bits per heavy atom. The highest BCUT2D eigenvalue weighted by Gasteiger charge is 2.23. The number of rotatable bonds is 5. The largest absolute Gasteiger partial charge is 0.504 e. The van der Waals surface area contributed by atoms with Crippen molar-refractivity contribution in [1.82, 2.24) is 0 Å². The van der Waals surface area contributed by atoms with Crippen LogP contribution in [0.5, 0.6) is 17.2 Å². The van der Waals surface area contributed by atoms with Gasteiger partial charge in [0.25, 0.3) is 0 Å². The smallest absolute Gasteiger partial charge is 0.203 e. The maximum absolute atomic E-state index is 9.73. The Kier molecular flexibility index (Phi) is 3.22. The second-order valence-corrected chi connectivity index (χ2v) is 4.53. The normalized spacial score (nSPS) is 15.2. The van der Waals surface area contributed by atoms with Gasteiger partial charge in [-0.3, -0.25) is 0 Å². The lowest BCUT2D eigenvalue weighted by molar-refractivity contribution is 0.213. The van der Waals surface area contributed by atoms with E-state index >= 15 is 0 Å². The first-order chi connectivity index (χ1) is 7.66. The minimum Gasteiger partial charge on any atom is -0.504 e. The lowest BCUT2D eigenvalue weighted by Gasteiger charge is -2.15. The number of hydrogen-bond donors (Lipinski definition) is 1. The third kappa shape index (κ3) is 2.81. The van der Waals surface area contributed by atoms with Gasteiger partial charge < -0.3 is 14.6 Å². The summed E-state index contributed by atoms with van der Waals surface area (Å²) in [6.45, 7) is 4.58. The molecule has 1 aromatic carbocycles. The molecular weight excluding hydrogens is 204 g/mol. The van der Waals surface area contributed by atoms with Crippen molar-refractivity contribution in [2.75, 3.05) is 6.61 Å². The topological polar surface area (TPSA) is 38.7 Å². The standard InChI is InChI=1S/C13H18O3/c1-9(2)16-12-5-3-4-11(14)13(12)15-8-10-6-7-10/h3-5,9-10,14H,6-8H2,1-2H3. The van der Waals surface area contributed by atoms with E-state index in [1.165, 1.54) is 12.8 Å². The predicted molar refractivity (Wildman–Crippen MR) is 62.1 cm³/mol. The number of phenols is 1. The van der Waals surface area contributed by atoms with Gasteiger partial charge in [-0.1, -0.05) is 6.07 Å². The van der Waals surface area contributed by atoms with Crippen LogP contribution in [0, 0.1) is 5.92 Å². The van der Waals surface area contributed by atoms with Crippen molar-refractivity contribution in [1.29, 1.82) is 0 Å². The van der Waals surface area contributed by atoms with Crippen molar-refractivity contribution >= 4 is 0 Å². The third-order valence-electron chi connectivity index (χ3n) is 2.48. The molecule has 1 fully saturated rings. The number of ether oxygens (including phenoxy) is 2. The molecule has 1 aromatic rings. The first kappa shape index (κ1) is 11.1. The van der Waals surface area contributed by atoms with E-state index in [1.807, 2.05) is 19.9 Å². The van der Waals surface area contributed by atoms with Gasteiger partial charge in [0.15, 0.2) is 11.5 Å². The zero-order valence-electron chi connectivity index (χ0n) is 9.77. The van der Waals surface area contributed by atoms with Gasteiger partial charge in [-0.2, -0.15) is 0 Å². The van der Waals surface area contributed by atoms with Crippen molar-refractivity contribution in [2.24, 2.45) is 5.92 Å². The minimum absolute atomic E-state index is 0.0741. The third-order valence-corrected chi connectivity index (χ3v) is 2.48. The quantitative estimate of drug-likeness (QED) is 0.832. The highest BCUT2D eigenvalue weighted by Crippen LogP contribution is 2.38. The number of hydrogen-bond acceptors (Lipinski definition) is 3. The number of phenolic OH excluding ortho intramolecular Hbond substituents is 1. The molecular formula is C13H18O3. The minimum atomic E-state index is 0.0741. The molecule has 3 nitrogen and oxygen atoms in total. The Morgan fingerprint density at radius 3 is 2.75 bits per heavy atom. The van der Waals surface area contributed by atoms with E-state index in [-0.39, 0.29) is 11.9 Å². The Balaban J connectivity index is 2.10. The van der Waals surface area contributed by atoms with Crippen LogP contribution in [0.2, 0.25) is 0 Å². The summed E-state index contributed by atoms with van der Waals surface area (Å²) in [6.07, 6.45) is 2.53. The molecule has 0 atom stereocenters. The molecule has 0 heterocycles. The Hall–Kier alpha value is -1.38. The molecule has 0 aromatic heterocycles.